The highest BCUT2D eigenvalue weighted by molar-refractivity contribution is 6.07. The topological polar surface area (TPSA) is 81.8 Å². The van der Waals surface area contributed by atoms with Crippen LogP contribution in [0.3, 0.4) is 0 Å². The van der Waals surface area contributed by atoms with Crippen molar-refractivity contribution in [1.82, 2.24) is 15.1 Å². The van der Waals surface area contributed by atoms with Gasteiger partial charge < -0.3 is 10.2 Å². The molecule has 4 aliphatic rings. The second kappa shape index (κ2) is 9.04. The van der Waals surface area contributed by atoms with Gasteiger partial charge in [0.25, 0.3) is 5.91 Å². The molecule has 188 valence electrons. The van der Waals surface area contributed by atoms with Gasteiger partial charge in [-0.1, -0.05) is 43.2 Å². The average molecular weight is 487 g/mol. The maximum atomic E-state index is 13.3. The Bertz CT molecular complexity index is 1230. The van der Waals surface area contributed by atoms with Crippen LogP contribution in [0.4, 0.5) is 5.69 Å². The summed E-state index contributed by atoms with van der Waals surface area (Å²) in [4.78, 5) is 41.4. The normalized spacial score (nSPS) is 23.1. The van der Waals surface area contributed by atoms with Crippen molar-refractivity contribution in [2.75, 3.05) is 18.4 Å². The first-order valence-corrected chi connectivity index (χ1v) is 13.2. The van der Waals surface area contributed by atoms with Crippen molar-refractivity contribution < 1.29 is 14.4 Å². The van der Waals surface area contributed by atoms with E-state index in [0.717, 1.165) is 17.8 Å². The zero-order valence-corrected chi connectivity index (χ0v) is 20.9. The molecule has 2 saturated heterocycles. The van der Waals surface area contributed by atoms with Crippen LogP contribution in [0, 0.1) is 12.3 Å². The van der Waals surface area contributed by atoms with Crippen LogP contribution in [-0.4, -0.2) is 46.7 Å². The predicted octanol–water partition coefficient (Wildman–Crippen LogP) is 3.74. The molecule has 6 rings (SSSR count). The Labute approximate surface area is 212 Å². The lowest BCUT2D eigenvalue weighted by atomic mass is 9.78. The zero-order valence-electron chi connectivity index (χ0n) is 20.9. The standard InChI is InChI=1S/C29H34N4O3/c1-19-13-20(7-8-21(19)15-32-17-29(18-32)11-2-3-12-29)14-30-23-6-4-5-22-16-33(28(36)26(22)23)24-9-10-25(34)31-27(24)35/h4-8,13,24,30H,2-3,9-12,14-18H2,1H3,(H,31,34,35). The molecule has 2 aromatic rings. The second-order valence-corrected chi connectivity index (χ2v) is 11.2. The number of nitrogens with one attached hydrogen (secondary N) is 2. The number of rotatable bonds is 6. The predicted molar refractivity (Wildman–Crippen MR) is 137 cm³/mol. The van der Waals surface area contributed by atoms with E-state index in [1.807, 2.05) is 18.2 Å². The molecule has 7 heteroatoms. The number of piperidine rings is 1. The summed E-state index contributed by atoms with van der Waals surface area (Å²) >= 11 is 0. The van der Waals surface area contributed by atoms with E-state index in [0.29, 0.717) is 30.5 Å². The molecule has 1 spiro atoms. The molecule has 0 radical (unpaired) electrons. The van der Waals surface area contributed by atoms with Crippen LogP contribution < -0.4 is 10.6 Å². The maximum absolute atomic E-state index is 13.3. The first kappa shape index (κ1) is 23.2. The van der Waals surface area contributed by atoms with Gasteiger partial charge in [0.1, 0.15) is 6.04 Å². The third-order valence-corrected chi connectivity index (χ3v) is 8.62. The van der Waals surface area contributed by atoms with Crippen LogP contribution in [0.1, 0.15) is 71.1 Å². The van der Waals surface area contributed by atoms with E-state index >= 15 is 0 Å². The molecule has 1 unspecified atom stereocenters. The molecule has 1 atom stereocenters. The number of anilines is 1. The highest BCUT2D eigenvalue weighted by atomic mass is 16.2. The van der Waals surface area contributed by atoms with Crippen molar-refractivity contribution in [1.29, 1.82) is 0 Å². The Morgan fingerprint density at radius 2 is 1.89 bits per heavy atom. The third kappa shape index (κ3) is 4.19. The highest BCUT2D eigenvalue weighted by Crippen LogP contribution is 2.45. The molecule has 2 aromatic carbocycles. The monoisotopic (exact) mass is 486 g/mol. The number of nitrogens with zero attached hydrogens (tertiary/aromatic N) is 2. The minimum absolute atomic E-state index is 0.149. The number of hydrogen-bond acceptors (Lipinski definition) is 5. The van der Waals surface area contributed by atoms with Gasteiger partial charge in [-0.15, -0.1) is 0 Å². The van der Waals surface area contributed by atoms with Crippen LogP contribution in [0.15, 0.2) is 36.4 Å². The van der Waals surface area contributed by atoms with Crippen LogP contribution in [0.5, 0.6) is 0 Å². The Hall–Kier alpha value is -3.19. The number of hydrogen-bond donors (Lipinski definition) is 2. The smallest absolute Gasteiger partial charge is 0.257 e. The van der Waals surface area contributed by atoms with Crippen molar-refractivity contribution in [3.05, 3.63) is 64.2 Å². The van der Waals surface area contributed by atoms with E-state index < -0.39 is 6.04 Å². The van der Waals surface area contributed by atoms with Crippen LogP contribution in [-0.2, 0) is 29.2 Å². The van der Waals surface area contributed by atoms with Gasteiger partial charge >= 0.3 is 0 Å². The van der Waals surface area contributed by atoms with Crippen molar-refractivity contribution in [2.24, 2.45) is 5.41 Å². The molecule has 3 aliphatic heterocycles. The minimum atomic E-state index is -0.597. The van der Waals surface area contributed by atoms with Crippen molar-refractivity contribution >= 4 is 23.4 Å². The lowest BCUT2D eigenvalue weighted by molar-refractivity contribution is -0.136. The Morgan fingerprint density at radius 3 is 2.64 bits per heavy atom. The summed E-state index contributed by atoms with van der Waals surface area (Å²) in [6, 6.07) is 11.9. The molecule has 0 aromatic heterocycles. The molecule has 36 heavy (non-hydrogen) atoms. The van der Waals surface area contributed by atoms with Gasteiger partial charge in [-0.25, -0.2) is 0 Å². The molecule has 1 saturated carbocycles. The maximum Gasteiger partial charge on any atom is 0.257 e. The van der Waals surface area contributed by atoms with E-state index in [4.69, 9.17) is 0 Å². The quantitative estimate of drug-likeness (QED) is 0.608. The van der Waals surface area contributed by atoms with Gasteiger partial charge in [-0.05, 0) is 59.9 Å². The fraction of sp³-hybridized carbons (Fsp3) is 0.483. The van der Waals surface area contributed by atoms with Crippen molar-refractivity contribution in [3.63, 3.8) is 0 Å². The number of amides is 3. The number of likely N-dealkylation sites (tertiary alicyclic amines) is 1. The summed E-state index contributed by atoms with van der Waals surface area (Å²) in [5.41, 5.74) is 6.83. The lowest BCUT2D eigenvalue weighted by Crippen LogP contribution is -2.54. The van der Waals surface area contributed by atoms with E-state index in [1.165, 1.54) is 55.5 Å². The molecule has 2 N–H and O–H groups in total. The SMILES string of the molecule is Cc1cc(CNc2cccc3c2C(=O)N(C2CCC(=O)NC2=O)C3)ccc1CN1CC2(CCCC2)C1. The van der Waals surface area contributed by atoms with Crippen LogP contribution in [0.2, 0.25) is 0 Å². The van der Waals surface area contributed by atoms with Crippen LogP contribution >= 0.6 is 0 Å². The summed E-state index contributed by atoms with van der Waals surface area (Å²) in [6.07, 6.45) is 6.25. The summed E-state index contributed by atoms with van der Waals surface area (Å²) in [5.74, 6) is -0.801. The number of carbonyl (C=O) groups is 3. The van der Waals surface area contributed by atoms with Gasteiger partial charge in [0.2, 0.25) is 11.8 Å². The Balaban J connectivity index is 1.10. The fourth-order valence-corrected chi connectivity index (χ4v) is 6.70. The fourth-order valence-electron chi connectivity index (χ4n) is 6.70. The Kier molecular flexibility index (Phi) is 5.83. The molecule has 3 fully saturated rings. The summed E-state index contributed by atoms with van der Waals surface area (Å²) in [6.45, 7) is 6.72. The Morgan fingerprint density at radius 1 is 1.08 bits per heavy atom. The largest absolute Gasteiger partial charge is 0.380 e. The van der Waals surface area contributed by atoms with Gasteiger partial charge in [-0.3, -0.25) is 24.6 Å². The van der Waals surface area contributed by atoms with Crippen LogP contribution in [0.25, 0.3) is 0 Å². The van der Waals surface area contributed by atoms with E-state index in [9.17, 15) is 14.4 Å². The first-order chi connectivity index (χ1) is 17.4. The molecular formula is C29H34N4O3. The summed E-state index contributed by atoms with van der Waals surface area (Å²) in [5, 5.41) is 5.83. The van der Waals surface area contributed by atoms with Gasteiger partial charge in [0.05, 0.1) is 5.56 Å². The second-order valence-electron chi connectivity index (χ2n) is 11.2. The van der Waals surface area contributed by atoms with Gasteiger partial charge in [0, 0.05) is 44.8 Å². The molecule has 0 bridgehead atoms. The zero-order chi connectivity index (χ0) is 24.9. The molecule has 1 aliphatic carbocycles. The molecule has 3 amide bonds. The third-order valence-electron chi connectivity index (χ3n) is 8.62. The minimum Gasteiger partial charge on any atom is -0.380 e. The lowest BCUT2D eigenvalue weighted by Gasteiger charge is -2.48. The summed E-state index contributed by atoms with van der Waals surface area (Å²) < 4.78 is 0. The van der Waals surface area contributed by atoms with Gasteiger partial charge in [0.15, 0.2) is 0 Å². The molecule has 3 heterocycles. The number of imide groups is 1. The summed E-state index contributed by atoms with van der Waals surface area (Å²) in [7, 11) is 0. The van der Waals surface area contributed by atoms with E-state index in [1.54, 1.807) is 4.90 Å². The number of benzene rings is 2. The van der Waals surface area contributed by atoms with E-state index in [-0.39, 0.29) is 24.1 Å². The molecule has 7 nitrogen and oxygen atoms in total. The van der Waals surface area contributed by atoms with Gasteiger partial charge in [-0.2, -0.15) is 0 Å². The number of carbonyl (C=O) groups excluding carboxylic acids is 3. The molecular weight excluding hydrogens is 452 g/mol. The van der Waals surface area contributed by atoms with E-state index in [2.05, 4.69) is 40.7 Å². The first-order valence-electron chi connectivity index (χ1n) is 13.2. The number of aryl methyl sites for hydroxylation is 1. The highest BCUT2D eigenvalue weighted by Gasteiger charge is 2.44. The van der Waals surface area contributed by atoms with Crippen molar-refractivity contribution in [2.45, 2.75) is 71.1 Å². The van der Waals surface area contributed by atoms with Crippen molar-refractivity contribution in [3.8, 4) is 0 Å². The number of fused-ring (bicyclic) bond motifs is 1. The average Bonchev–Trinajstić information content (AvgIpc) is 3.45.